The van der Waals surface area contributed by atoms with E-state index in [0.29, 0.717) is 17.7 Å². The minimum absolute atomic E-state index is 0.0221. The van der Waals surface area contributed by atoms with Crippen LogP contribution in [0, 0.1) is 5.92 Å². The molecule has 5 heteroatoms. The van der Waals surface area contributed by atoms with Crippen LogP contribution in [0.5, 0.6) is 0 Å². The van der Waals surface area contributed by atoms with Crippen molar-refractivity contribution in [2.24, 2.45) is 5.92 Å². The number of thiazole rings is 1. The number of piperidine rings is 1. The zero-order valence-corrected chi connectivity index (χ0v) is 11.0. The lowest BCUT2D eigenvalue weighted by Gasteiger charge is -2.36. The predicted octanol–water partition coefficient (Wildman–Crippen LogP) is 2.40. The number of nitrogens with zero attached hydrogens (tertiary/aromatic N) is 2. The van der Waals surface area contributed by atoms with Gasteiger partial charge in [0, 0.05) is 18.0 Å². The summed E-state index contributed by atoms with van der Waals surface area (Å²) in [6.07, 6.45) is 2.48. The van der Waals surface area contributed by atoms with Crippen molar-refractivity contribution in [3.63, 3.8) is 0 Å². The summed E-state index contributed by atoms with van der Waals surface area (Å²) in [6.45, 7) is 5.50. The van der Waals surface area contributed by atoms with E-state index in [1.165, 1.54) is 12.8 Å². The van der Waals surface area contributed by atoms with Gasteiger partial charge in [-0.05, 0) is 25.7 Å². The van der Waals surface area contributed by atoms with Crippen LogP contribution in [0.3, 0.4) is 0 Å². The van der Waals surface area contributed by atoms with E-state index < -0.39 is 5.97 Å². The molecule has 0 bridgehead atoms. The lowest BCUT2D eigenvalue weighted by atomic mass is 9.96. The van der Waals surface area contributed by atoms with E-state index in [1.807, 2.05) is 5.38 Å². The maximum atomic E-state index is 10.6. The standard InChI is InChI=1S/C12H18N2O2S/c1-8-3-4-9(2)14(6-8)12-13-10(7-17-12)5-11(15)16/h7-9H,3-6H2,1-2H3,(H,15,16). The number of carboxylic acid groups (broad SMARTS) is 1. The Bertz CT molecular complexity index is 405. The number of anilines is 1. The average molecular weight is 254 g/mol. The highest BCUT2D eigenvalue weighted by Gasteiger charge is 2.25. The second-order valence-electron chi connectivity index (χ2n) is 4.88. The fourth-order valence-corrected chi connectivity index (χ4v) is 3.16. The molecule has 0 aliphatic carbocycles. The van der Waals surface area contributed by atoms with E-state index in [4.69, 9.17) is 5.11 Å². The van der Waals surface area contributed by atoms with Gasteiger partial charge in [0.1, 0.15) is 0 Å². The quantitative estimate of drug-likeness (QED) is 0.900. The van der Waals surface area contributed by atoms with Gasteiger partial charge in [0.2, 0.25) is 0 Å². The first-order valence-electron chi connectivity index (χ1n) is 5.99. The van der Waals surface area contributed by atoms with Crippen LogP contribution in [0.1, 0.15) is 32.4 Å². The van der Waals surface area contributed by atoms with Crippen molar-refractivity contribution in [2.75, 3.05) is 11.4 Å². The Morgan fingerprint density at radius 3 is 3.06 bits per heavy atom. The predicted molar refractivity (Wildman–Crippen MR) is 68.7 cm³/mol. The van der Waals surface area contributed by atoms with Gasteiger partial charge in [0.05, 0.1) is 12.1 Å². The Labute approximate surface area is 105 Å². The zero-order valence-electron chi connectivity index (χ0n) is 10.2. The third kappa shape index (κ3) is 2.97. The van der Waals surface area contributed by atoms with E-state index in [2.05, 4.69) is 23.7 Å². The summed E-state index contributed by atoms with van der Waals surface area (Å²) in [5.74, 6) is -0.125. The fraction of sp³-hybridized carbons (Fsp3) is 0.667. The maximum Gasteiger partial charge on any atom is 0.309 e. The first kappa shape index (κ1) is 12.4. The molecule has 94 valence electrons. The molecule has 0 spiro atoms. The van der Waals surface area contributed by atoms with E-state index in [0.717, 1.165) is 11.7 Å². The van der Waals surface area contributed by atoms with Crippen LogP contribution in [-0.2, 0) is 11.2 Å². The summed E-state index contributed by atoms with van der Waals surface area (Å²) in [7, 11) is 0. The van der Waals surface area contributed by atoms with Gasteiger partial charge in [-0.3, -0.25) is 4.79 Å². The molecular formula is C12H18N2O2S. The Morgan fingerprint density at radius 1 is 1.59 bits per heavy atom. The summed E-state index contributed by atoms with van der Waals surface area (Å²) in [5.41, 5.74) is 0.669. The van der Waals surface area contributed by atoms with Gasteiger partial charge in [-0.25, -0.2) is 4.98 Å². The molecule has 1 fully saturated rings. The molecule has 4 nitrogen and oxygen atoms in total. The second kappa shape index (κ2) is 5.04. The van der Waals surface area contributed by atoms with E-state index in [9.17, 15) is 4.79 Å². The van der Waals surface area contributed by atoms with Gasteiger partial charge in [0.15, 0.2) is 5.13 Å². The monoisotopic (exact) mass is 254 g/mol. The van der Waals surface area contributed by atoms with Gasteiger partial charge in [-0.15, -0.1) is 11.3 Å². The average Bonchev–Trinajstić information content (AvgIpc) is 2.69. The normalized spacial score (nSPS) is 24.9. The molecule has 0 radical (unpaired) electrons. The molecule has 2 heterocycles. The fourth-order valence-electron chi connectivity index (χ4n) is 2.22. The summed E-state index contributed by atoms with van der Waals surface area (Å²) < 4.78 is 0. The highest BCUT2D eigenvalue weighted by molar-refractivity contribution is 7.13. The van der Waals surface area contributed by atoms with Crippen LogP contribution in [0.25, 0.3) is 0 Å². The Kier molecular flexibility index (Phi) is 3.66. The first-order valence-corrected chi connectivity index (χ1v) is 6.87. The summed E-state index contributed by atoms with van der Waals surface area (Å²) in [5, 5.41) is 11.6. The molecule has 1 aliphatic heterocycles. The molecule has 2 rings (SSSR count). The largest absolute Gasteiger partial charge is 0.481 e. The van der Waals surface area contributed by atoms with Crippen LogP contribution in [0.4, 0.5) is 5.13 Å². The minimum atomic E-state index is -0.818. The van der Waals surface area contributed by atoms with Crippen molar-refractivity contribution in [1.82, 2.24) is 4.98 Å². The minimum Gasteiger partial charge on any atom is -0.481 e. The molecule has 2 unspecified atom stereocenters. The number of carboxylic acids is 1. The molecular weight excluding hydrogens is 236 g/mol. The van der Waals surface area contributed by atoms with Gasteiger partial charge < -0.3 is 10.0 Å². The summed E-state index contributed by atoms with van der Waals surface area (Å²) in [4.78, 5) is 17.4. The van der Waals surface area contributed by atoms with Gasteiger partial charge in [0.25, 0.3) is 0 Å². The molecule has 0 aromatic carbocycles. The molecule has 1 aromatic heterocycles. The van der Waals surface area contributed by atoms with Crippen molar-refractivity contribution >= 4 is 22.4 Å². The van der Waals surface area contributed by atoms with Crippen molar-refractivity contribution in [2.45, 2.75) is 39.2 Å². The van der Waals surface area contributed by atoms with E-state index in [1.54, 1.807) is 11.3 Å². The van der Waals surface area contributed by atoms with Gasteiger partial charge in [-0.2, -0.15) is 0 Å². The van der Waals surface area contributed by atoms with Crippen LogP contribution >= 0.6 is 11.3 Å². The van der Waals surface area contributed by atoms with Crippen LogP contribution in [0.2, 0.25) is 0 Å². The number of aliphatic carboxylic acids is 1. The summed E-state index contributed by atoms with van der Waals surface area (Å²) in [6, 6.07) is 0.509. The molecule has 0 saturated carbocycles. The highest BCUT2D eigenvalue weighted by atomic mass is 32.1. The van der Waals surface area contributed by atoms with Crippen LogP contribution in [-0.4, -0.2) is 28.6 Å². The molecule has 2 atom stereocenters. The number of carbonyl (C=O) groups is 1. The second-order valence-corrected chi connectivity index (χ2v) is 5.71. The lowest BCUT2D eigenvalue weighted by molar-refractivity contribution is -0.136. The van der Waals surface area contributed by atoms with Crippen molar-refractivity contribution in [1.29, 1.82) is 0 Å². The Balaban J connectivity index is 2.10. The first-order chi connectivity index (χ1) is 8.06. The SMILES string of the molecule is CC1CCC(C)N(c2nc(CC(=O)O)cs2)C1. The zero-order chi connectivity index (χ0) is 12.4. The van der Waals surface area contributed by atoms with Crippen molar-refractivity contribution < 1.29 is 9.90 Å². The molecule has 1 N–H and O–H groups in total. The number of hydrogen-bond acceptors (Lipinski definition) is 4. The van der Waals surface area contributed by atoms with Crippen molar-refractivity contribution in [3.8, 4) is 0 Å². The number of aromatic nitrogens is 1. The molecule has 1 aromatic rings. The van der Waals surface area contributed by atoms with Crippen molar-refractivity contribution in [3.05, 3.63) is 11.1 Å². The topological polar surface area (TPSA) is 53.4 Å². The van der Waals surface area contributed by atoms with Crippen LogP contribution < -0.4 is 4.90 Å². The third-order valence-corrected chi connectivity index (χ3v) is 4.16. The molecule has 0 amide bonds. The molecule has 1 saturated heterocycles. The van der Waals surface area contributed by atoms with Crippen LogP contribution in [0.15, 0.2) is 5.38 Å². The molecule has 17 heavy (non-hydrogen) atoms. The van der Waals surface area contributed by atoms with E-state index in [-0.39, 0.29) is 6.42 Å². The third-order valence-electron chi connectivity index (χ3n) is 3.24. The Morgan fingerprint density at radius 2 is 2.35 bits per heavy atom. The smallest absolute Gasteiger partial charge is 0.309 e. The summed E-state index contributed by atoms with van der Waals surface area (Å²) >= 11 is 1.56. The highest BCUT2D eigenvalue weighted by Crippen LogP contribution is 2.29. The van der Waals surface area contributed by atoms with Gasteiger partial charge in [-0.1, -0.05) is 6.92 Å². The number of hydrogen-bond donors (Lipinski definition) is 1. The molecule has 1 aliphatic rings. The van der Waals surface area contributed by atoms with Gasteiger partial charge >= 0.3 is 5.97 Å². The van der Waals surface area contributed by atoms with E-state index >= 15 is 0 Å². The Hall–Kier alpha value is -1.10. The lowest BCUT2D eigenvalue weighted by Crippen LogP contribution is -2.41. The maximum absolute atomic E-state index is 10.6. The number of rotatable bonds is 3.